The van der Waals surface area contributed by atoms with Crippen LogP contribution in [0.25, 0.3) is 0 Å². The van der Waals surface area contributed by atoms with Crippen LogP contribution in [0.5, 0.6) is 0 Å². The number of hydrogen-bond acceptors (Lipinski definition) is 3. The summed E-state index contributed by atoms with van der Waals surface area (Å²) < 4.78 is 1.87. The fourth-order valence-corrected chi connectivity index (χ4v) is 1.76. The van der Waals surface area contributed by atoms with Crippen molar-refractivity contribution in [2.75, 3.05) is 6.54 Å². The fraction of sp³-hybridized carbons (Fsp3) is 0.214. The molecule has 0 saturated heterocycles. The van der Waals surface area contributed by atoms with E-state index in [2.05, 4.69) is 10.3 Å². The number of rotatable bonds is 5. The highest BCUT2D eigenvalue weighted by molar-refractivity contribution is 5.86. The van der Waals surface area contributed by atoms with E-state index in [0.29, 0.717) is 18.7 Å². The summed E-state index contributed by atoms with van der Waals surface area (Å²) in [6, 6.07) is 11.1. The molecule has 1 unspecified atom stereocenters. The van der Waals surface area contributed by atoms with E-state index in [1.165, 1.54) is 0 Å². The van der Waals surface area contributed by atoms with Gasteiger partial charge in [0.25, 0.3) is 0 Å². The largest absolute Gasteiger partial charge is 0.353 e. The zero-order valence-corrected chi connectivity index (χ0v) is 10.4. The van der Waals surface area contributed by atoms with Crippen LogP contribution in [0.2, 0.25) is 0 Å². The van der Waals surface area contributed by atoms with E-state index in [9.17, 15) is 4.79 Å². The maximum Gasteiger partial charge on any atom is 0.241 e. The second-order valence-corrected chi connectivity index (χ2v) is 4.06. The van der Waals surface area contributed by atoms with E-state index in [1.54, 1.807) is 24.7 Å². The maximum atomic E-state index is 11.9. The minimum Gasteiger partial charge on any atom is -0.353 e. The summed E-state index contributed by atoms with van der Waals surface area (Å²) in [5.41, 5.74) is 0.713. The van der Waals surface area contributed by atoms with Gasteiger partial charge in [-0.25, -0.2) is 4.98 Å². The Morgan fingerprint density at radius 2 is 2.21 bits per heavy atom. The van der Waals surface area contributed by atoms with E-state index < -0.39 is 5.92 Å². The minimum atomic E-state index is -0.760. The van der Waals surface area contributed by atoms with Gasteiger partial charge in [-0.05, 0) is 5.56 Å². The molecule has 2 rings (SSSR count). The Labute approximate surface area is 111 Å². The number of nitriles is 1. The van der Waals surface area contributed by atoms with Crippen molar-refractivity contribution in [1.82, 2.24) is 14.9 Å². The SMILES string of the molecule is N#CC(C(=O)NCCn1ccnc1)c1ccccc1. The molecule has 0 saturated carbocycles. The molecule has 1 amide bonds. The van der Waals surface area contributed by atoms with E-state index in [-0.39, 0.29) is 5.91 Å². The van der Waals surface area contributed by atoms with Gasteiger partial charge >= 0.3 is 0 Å². The molecule has 1 aromatic heterocycles. The van der Waals surface area contributed by atoms with Gasteiger partial charge in [0, 0.05) is 25.5 Å². The topological polar surface area (TPSA) is 70.7 Å². The van der Waals surface area contributed by atoms with Crippen molar-refractivity contribution in [3.05, 3.63) is 54.6 Å². The first kappa shape index (κ1) is 12.8. The molecule has 0 radical (unpaired) electrons. The van der Waals surface area contributed by atoms with Crippen LogP contribution in [0.15, 0.2) is 49.1 Å². The van der Waals surface area contributed by atoms with Gasteiger partial charge in [0.05, 0.1) is 12.4 Å². The van der Waals surface area contributed by atoms with E-state index >= 15 is 0 Å². The molecule has 19 heavy (non-hydrogen) atoms. The molecular weight excluding hydrogens is 240 g/mol. The van der Waals surface area contributed by atoms with E-state index in [0.717, 1.165) is 0 Å². The summed E-state index contributed by atoms with van der Waals surface area (Å²) in [4.78, 5) is 15.9. The molecule has 0 aliphatic carbocycles. The predicted molar refractivity (Wildman–Crippen MR) is 70.0 cm³/mol. The fourth-order valence-electron chi connectivity index (χ4n) is 1.76. The van der Waals surface area contributed by atoms with Gasteiger partial charge in [-0.1, -0.05) is 30.3 Å². The van der Waals surface area contributed by atoms with E-state index in [1.807, 2.05) is 35.0 Å². The molecule has 0 aliphatic rings. The summed E-state index contributed by atoms with van der Waals surface area (Å²) in [5, 5.41) is 11.9. The monoisotopic (exact) mass is 254 g/mol. The number of imidazole rings is 1. The molecule has 2 aromatic rings. The Morgan fingerprint density at radius 1 is 1.42 bits per heavy atom. The van der Waals surface area contributed by atoms with Crippen LogP contribution >= 0.6 is 0 Å². The molecule has 0 aliphatic heterocycles. The first-order valence-corrected chi connectivity index (χ1v) is 5.99. The Hall–Kier alpha value is -2.61. The zero-order valence-electron chi connectivity index (χ0n) is 10.4. The molecule has 0 fully saturated rings. The van der Waals surface area contributed by atoms with Gasteiger partial charge in [0.15, 0.2) is 0 Å². The molecule has 0 bridgehead atoms. The number of aromatic nitrogens is 2. The van der Waals surface area contributed by atoms with Gasteiger partial charge in [0.2, 0.25) is 5.91 Å². The van der Waals surface area contributed by atoms with Gasteiger partial charge in [-0.2, -0.15) is 5.26 Å². The zero-order chi connectivity index (χ0) is 13.5. The molecule has 5 heteroatoms. The van der Waals surface area contributed by atoms with Crippen LogP contribution < -0.4 is 5.32 Å². The lowest BCUT2D eigenvalue weighted by molar-refractivity contribution is -0.121. The molecular formula is C14H14N4O. The number of amides is 1. The van der Waals surface area contributed by atoms with Crippen molar-refractivity contribution in [2.45, 2.75) is 12.5 Å². The van der Waals surface area contributed by atoms with Gasteiger partial charge in [-0.3, -0.25) is 4.79 Å². The highest BCUT2D eigenvalue weighted by Crippen LogP contribution is 2.14. The second-order valence-electron chi connectivity index (χ2n) is 4.06. The lowest BCUT2D eigenvalue weighted by Crippen LogP contribution is -2.31. The van der Waals surface area contributed by atoms with Crippen LogP contribution in [0.4, 0.5) is 0 Å². The van der Waals surface area contributed by atoms with Crippen molar-refractivity contribution in [3.63, 3.8) is 0 Å². The standard InChI is InChI=1S/C14H14N4O/c15-10-13(12-4-2-1-3-5-12)14(19)17-7-9-18-8-6-16-11-18/h1-6,8,11,13H,7,9H2,(H,17,19). The summed E-state index contributed by atoms with van der Waals surface area (Å²) in [7, 11) is 0. The van der Waals surface area contributed by atoms with Gasteiger partial charge in [0.1, 0.15) is 5.92 Å². The Bertz CT molecular complexity index is 557. The number of hydrogen-bond donors (Lipinski definition) is 1. The summed E-state index contributed by atoms with van der Waals surface area (Å²) in [6.45, 7) is 1.11. The minimum absolute atomic E-state index is 0.270. The van der Waals surface area contributed by atoms with Crippen LogP contribution in [0, 0.1) is 11.3 Å². The molecule has 0 spiro atoms. The molecule has 96 valence electrons. The molecule has 1 N–H and O–H groups in total. The van der Waals surface area contributed by atoms with Crippen LogP contribution in [-0.2, 0) is 11.3 Å². The number of benzene rings is 1. The van der Waals surface area contributed by atoms with Crippen molar-refractivity contribution in [2.24, 2.45) is 0 Å². The van der Waals surface area contributed by atoms with Gasteiger partial charge < -0.3 is 9.88 Å². The third-order valence-corrected chi connectivity index (χ3v) is 2.75. The normalized spacial score (nSPS) is 11.5. The quantitative estimate of drug-likeness (QED) is 0.874. The first-order chi connectivity index (χ1) is 9.31. The first-order valence-electron chi connectivity index (χ1n) is 5.99. The van der Waals surface area contributed by atoms with Crippen molar-refractivity contribution in [1.29, 1.82) is 5.26 Å². The number of carbonyl (C=O) groups excluding carboxylic acids is 1. The maximum absolute atomic E-state index is 11.9. The molecule has 5 nitrogen and oxygen atoms in total. The Kier molecular flexibility index (Phi) is 4.29. The lowest BCUT2D eigenvalue weighted by atomic mass is 10.00. The van der Waals surface area contributed by atoms with Gasteiger partial charge in [-0.15, -0.1) is 0 Å². The third-order valence-electron chi connectivity index (χ3n) is 2.75. The number of carbonyl (C=O) groups is 1. The smallest absolute Gasteiger partial charge is 0.241 e. The third kappa shape index (κ3) is 3.42. The average Bonchev–Trinajstić information content (AvgIpc) is 2.94. The molecule has 1 heterocycles. The van der Waals surface area contributed by atoms with Crippen LogP contribution in [0.1, 0.15) is 11.5 Å². The highest BCUT2D eigenvalue weighted by Gasteiger charge is 2.18. The van der Waals surface area contributed by atoms with Crippen LogP contribution in [-0.4, -0.2) is 22.0 Å². The predicted octanol–water partition coefficient (Wildman–Crippen LogP) is 1.31. The Balaban J connectivity index is 1.89. The summed E-state index contributed by atoms with van der Waals surface area (Å²) in [6.07, 6.45) is 5.19. The Morgan fingerprint density at radius 3 is 2.84 bits per heavy atom. The van der Waals surface area contributed by atoms with Crippen LogP contribution in [0.3, 0.4) is 0 Å². The van der Waals surface area contributed by atoms with E-state index in [4.69, 9.17) is 5.26 Å². The second kappa shape index (κ2) is 6.36. The van der Waals surface area contributed by atoms with Crippen molar-refractivity contribution >= 4 is 5.91 Å². The van der Waals surface area contributed by atoms with Crippen molar-refractivity contribution in [3.8, 4) is 6.07 Å². The average molecular weight is 254 g/mol. The summed E-state index contributed by atoms with van der Waals surface area (Å²) in [5.74, 6) is -1.03. The molecule has 1 atom stereocenters. The van der Waals surface area contributed by atoms with Crippen molar-refractivity contribution < 1.29 is 4.79 Å². The lowest BCUT2D eigenvalue weighted by Gasteiger charge is -2.10. The number of nitrogens with zero attached hydrogens (tertiary/aromatic N) is 3. The number of nitrogens with one attached hydrogen (secondary N) is 1. The summed E-state index contributed by atoms with van der Waals surface area (Å²) >= 11 is 0. The molecule has 1 aromatic carbocycles. The highest BCUT2D eigenvalue weighted by atomic mass is 16.1.